The molecule has 3 aromatic rings. The first-order chi connectivity index (χ1) is 12.6. The molecule has 26 heavy (non-hydrogen) atoms. The maximum atomic E-state index is 14.2. The van der Waals surface area contributed by atoms with Crippen molar-refractivity contribution < 1.29 is 13.5 Å². The summed E-state index contributed by atoms with van der Waals surface area (Å²) in [5.41, 5.74) is 0.429. The highest BCUT2D eigenvalue weighted by Crippen LogP contribution is 2.31. The summed E-state index contributed by atoms with van der Waals surface area (Å²) in [6, 6.07) is 9.99. The third-order valence-corrected chi connectivity index (χ3v) is 3.45. The summed E-state index contributed by atoms with van der Waals surface area (Å²) in [5, 5.41) is 24.6. The van der Waals surface area contributed by atoms with Gasteiger partial charge in [0.25, 0.3) is 0 Å². The van der Waals surface area contributed by atoms with Crippen LogP contribution in [0.1, 0.15) is 5.82 Å². The topological polar surface area (TPSA) is 99.5 Å². The number of H-pyrrole nitrogens is 1. The molecule has 0 radical (unpaired) electrons. The van der Waals surface area contributed by atoms with Gasteiger partial charge in [0.2, 0.25) is 5.82 Å². The molecule has 0 saturated heterocycles. The van der Waals surface area contributed by atoms with Gasteiger partial charge in [0.05, 0.1) is 5.02 Å². The number of hydrogen-bond acceptors (Lipinski definition) is 6. The number of aromatic nitrogens is 4. The van der Waals surface area contributed by atoms with Gasteiger partial charge in [0, 0.05) is 18.0 Å². The van der Waals surface area contributed by atoms with Crippen molar-refractivity contribution in [2.75, 3.05) is 5.32 Å². The van der Waals surface area contributed by atoms with Gasteiger partial charge in [-0.25, -0.2) is 8.78 Å². The van der Waals surface area contributed by atoms with Crippen LogP contribution in [0.2, 0.25) is 5.02 Å². The zero-order valence-corrected chi connectivity index (χ0v) is 13.6. The summed E-state index contributed by atoms with van der Waals surface area (Å²) < 4.78 is 33.3. The SMILES string of the molecule is N#CC(=CNc1ccc(Oc2cccc(Cl)c2F)c(F)c1)c1nn[nH]n1. The molecule has 0 aliphatic carbocycles. The van der Waals surface area contributed by atoms with E-state index < -0.39 is 11.6 Å². The summed E-state index contributed by atoms with van der Waals surface area (Å²) >= 11 is 5.66. The number of ether oxygens (including phenoxy) is 1. The molecule has 0 saturated carbocycles. The molecule has 1 heterocycles. The average molecular weight is 375 g/mol. The quantitative estimate of drug-likeness (QED) is 0.657. The predicted octanol–water partition coefficient (Wildman–Crippen LogP) is 3.90. The van der Waals surface area contributed by atoms with Crippen LogP contribution in [0.5, 0.6) is 11.5 Å². The molecule has 0 aliphatic heterocycles. The Balaban J connectivity index is 1.77. The van der Waals surface area contributed by atoms with E-state index in [1.54, 1.807) is 0 Å². The Kier molecular flexibility index (Phi) is 5.05. The van der Waals surface area contributed by atoms with Crippen molar-refractivity contribution in [2.45, 2.75) is 0 Å². The summed E-state index contributed by atoms with van der Waals surface area (Å²) in [5.74, 6) is -1.80. The van der Waals surface area contributed by atoms with Crippen LogP contribution in [0.15, 0.2) is 42.6 Å². The van der Waals surface area contributed by atoms with Crippen molar-refractivity contribution in [3.8, 4) is 17.6 Å². The fourth-order valence-corrected chi connectivity index (χ4v) is 2.10. The van der Waals surface area contributed by atoms with Gasteiger partial charge in [-0.3, -0.25) is 0 Å². The standard InChI is InChI=1S/C16H9ClF2N6O/c17-11-2-1-3-14(15(11)19)26-13-5-4-10(6-12(13)18)21-8-9(7-20)16-22-24-25-23-16/h1-6,8,21H,(H,22,23,24,25). The molecule has 0 spiro atoms. The summed E-state index contributed by atoms with van der Waals surface area (Å²) in [6.07, 6.45) is 1.30. The lowest BCUT2D eigenvalue weighted by Gasteiger charge is -2.09. The zero-order chi connectivity index (χ0) is 18.5. The lowest BCUT2D eigenvalue weighted by atomic mass is 10.2. The average Bonchev–Trinajstić information content (AvgIpc) is 3.16. The van der Waals surface area contributed by atoms with Gasteiger partial charge >= 0.3 is 0 Å². The van der Waals surface area contributed by atoms with Crippen molar-refractivity contribution in [2.24, 2.45) is 0 Å². The number of halogens is 3. The Morgan fingerprint density at radius 1 is 1.27 bits per heavy atom. The van der Waals surface area contributed by atoms with E-state index in [2.05, 4.69) is 25.9 Å². The van der Waals surface area contributed by atoms with Gasteiger partial charge in [0.1, 0.15) is 11.6 Å². The second kappa shape index (κ2) is 7.58. The maximum absolute atomic E-state index is 14.2. The lowest BCUT2D eigenvalue weighted by Crippen LogP contribution is -1.96. The van der Waals surface area contributed by atoms with E-state index in [0.717, 1.165) is 6.07 Å². The number of benzene rings is 2. The van der Waals surface area contributed by atoms with E-state index in [1.807, 2.05) is 6.07 Å². The van der Waals surface area contributed by atoms with Gasteiger partial charge in [-0.2, -0.15) is 10.5 Å². The Morgan fingerprint density at radius 2 is 2.12 bits per heavy atom. The number of nitriles is 1. The van der Waals surface area contributed by atoms with E-state index in [-0.39, 0.29) is 27.9 Å². The molecule has 10 heteroatoms. The predicted molar refractivity (Wildman–Crippen MR) is 89.3 cm³/mol. The second-order valence-corrected chi connectivity index (χ2v) is 5.26. The van der Waals surface area contributed by atoms with E-state index in [1.165, 1.54) is 36.5 Å². The van der Waals surface area contributed by atoms with Crippen molar-refractivity contribution in [1.82, 2.24) is 20.6 Å². The fraction of sp³-hybridized carbons (Fsp3) is 0. The normalized spacial score (nSPS) is 11.1. The van der Waals surface area contributed by atoms with Crippen molar-refractivity contribution >= 4 is 22.9 Å². The van der Waals surface area contributed by atoms with Crippen LogP contribution in [-0.4, -0.2) is 20.6 Å². The molecule has 0 amide bonds. The molecule has 0 unspecified atom stereocenters. The van der Waals surface area contributed by atoms with E-state index in [4.69, 9.17) is 21.6 Å². The Morgan fingerprint density at radius 3 is 2.81 bits per heavy atom. The third kappa shape index (κ3) is 3.76. The monoisotopic (exact) mass is 374 g/mol. The number of nitrogens with zero attached hydrogens (tertiary/aromatic N) is 4. The molecule has 0 aliphatic rings. The Hall–Kier alpha value is -3.51. The highest BCUT2D eigenvalue weighted by atomic mass is 35.5. The Bertz CT molecular complexity index is 1000. The first-order valence-electron chi connectivity index (χ1n) is 7.10. The minimum Gasteiger partial charge on any atom is -0.451 e. The van der Waals surface area contributed by atoms with Gasteiger partial charge in [-0.05, 0) is 29.5 Å². The largest absolute Gasteiger partial charge is 0.451 e. The van der Waals surface area contributed by atoms with Crippen LogP contribution in [0, 0.1) is 23.0 Å². The van der Waals surface area contributed by atoms with Crippen molar-refractivity contribution in [1.29, 1.82) is 5.26 Å². The van der Waals surface area contributed by atoms with Crippen LogP contribution in [0.25, 0.3) is 5.57 Å². The number of allylic oxidation sites excluding steroid dienone is 1. The minimum absolute atomic E-state index is 0.0943. The van der Waals surface area contributed by atoms with Crippen LogP contribution in [-0.2, 0) is 0 Å². The molecule has 2 N–H and O–H groups in total. The number of hydrogen-bond donors (Lipinski definition) is 2. The van der Waals surface area contributed by atoms with Crippen LogP contribution in [0.3, 0.4) is 0 Å². The molecule has 130 valence electrons. The molecule has 1 aromatic heterocycles. The van der Waals surface area contributed by atoms with E-state index in [9.17, 15) is 8.78 Å². The molecule has 0 fully saturated rings. The molecular weight excluding hydrogens is 366 g/mol. The summed E-state index contributed by atoms with van der Waals surface area (Å²) in [7, 11) is 0. The Labute approximate surface area is 150 Å². The van der Waals surface area contributed by atoms with E-state index in [0.29, 0.717) is 5.69 Å². The van der Waals surface area contributed by atoms with Crippen LogP contribution < -0.4 is 10.1 Å². The molecule has 7 nitrogen and oxygen atoms in total. The molecule has 2 aromatic carbocycles. The minimum atomic E-state index is -0.780. The summed E-state index contributed by atoms with van der Waals surface area (Å²) in [4.78, 5) is 0. The first-order valence-corrected chi connectivity index (χ1v) is 7.48. The van der Waals surface area contributed by atoms with Gasteiger partial charge in [0.15, 0.2) is 23.1 Å². The number of aromatic amines is 1. The smallest absolute Gasteiger partial charge is 0.216 e. The van der Waals surface area contributed by atoms with Crippen molar-refractivity contribution in [3.05, 3.63) is 65.1 Å². The van der Waals surface area contributed by atoms with E-state index >= 15 is 0 Å². The molecule has 3 rings (SSSR count). The third-order valence-electron chi connectivity index (χ3n) is 3.16. The number of anilines is 1. The first kappa shape index (κ1) is 17.3. The molecule has 0 bridgehead atoms. The molecular formula is C16H9ClF2N6O. The second-order valence-electron chi connectivity index (χ2n) is 4.85. The fourth-order valence-electron chi connectivity index (χ4n) is 1.93. The summed E-state index contributed by atoms with van der Waals surface area (Å²) in [6.45, 7) is 0. The highest BCUT2D eigenvalue weighted by molar-refractivity contribution is 6.30. The maximum Gasteiger partial charge on any atom is 0.216 e. The van der Waals surface area contributed by atoms with Gasteiger partial charge in [-0.15, -0.1) is 10.2 Å². The highest BCUT2D eigenvalue weighted by Gasteiger charge is 2.12. The molecule has 0 atom stereocenters. The lowest BCUT2D eigenvalue weighted by molar-refractivity contribution is 0.415. The van der Waals surface area contributed by atoms with Crippen LogP contribution >= 0.6 is 11.6 Å². The number of tetrazole rings is 1. The van der Waals surface area contributed by atoms with Gasteiger partial charge in [-0.1, -0.05) is 17.7 Å². The van der Waals surface area contributed by atoms with Gasteiger partial charge < -0.3 is 10.1 Å². The van der Waals surface area contributed by atoms with Crippen molar-refractivity contribution in [3.63, 3.8) is 0 Å². The van der Waals surface area contributed by atoms with Crippen LogP contribution in [0.4, 0.5) is 14.5 Å². The number of nitrogens with one attached hydrogen (secondary N) is 2. The number of rotatable bonds is 5. The zero-order valence-electron chi connectivity index (χ0n) is 12.9.